The Morgan fingerprint density at radius 3 is 3.37 bits per heavy atom. The van der Waals surface area contributed by atoms with Gasteiger partial charge in [-0.25, -0.2) is 0 Å². The van der Waals surface area contributed by atoms with E-state index in [-0.39, 0.29) is 11.8 Å². The fraction of sp³-hybridized carbons (Fsp3) is 0.417. The zero-order chi connectivity index (χ0) is 13.2. The molecule has 5 nitrogen and oxygen atoms in total. The van der Waals surface area contributed by atoms with E-state index in [0.29, 0.717) is 5.16 Å². The number of hydrogen-bond donors (Lipinski definition) is 1. The van der Waals surface area contributed by atoms with Gasteiger partial charge in [0.15, 0.2) is 5.16 Å². The highest BCUT2D eigenvalue weighted by molar-refractivity contribution is 7.99. The smallest absolute Gasteiger partial charge is 0.313 e. The number of aryl methyl sites for hydroxylation is 1. The summed E-state index contributed by atoms with van der Waals surface area (Å²) in [4.78, 5) is 12.1. The first-order chi connectivity index (χ1) is 9.25. The quantitative estimate of drug-likeness (QED) is 0.877. The molecule has 19 heavy (non-hydrogen) atoms. The molecule has 1 aliphatic carbocycles. The fourth-order valence-electron chi connectivity index (χ4n) is 2.43. The van der Waals surface area contributed by atoms with Crippen LogP contribution in [0.25, 0.3) is 0 Å². The van der Waals surface area contributed by atoms with Gasteiger partial charge >= 0.3 is 5.97 Å². The number of nitrogens with zero attached hydrogens (tertiary/aromatic N) is 3. The lowest BCUT2D eigenvalue weighted by molar-refractivity contribution is -0.133. The molecular weight excluding hydrogens is 282 g/mol. The number of rotatable bonds is 4. The van der Waals surface area contributed by atoms with E-state index in [4.69, 9.17) is 5.11 Å². The molecule has 0 fully saturated rings. The predicted molar refractivity (Wildman–Crippen MR) is 73.8 cm³/mol. The summed E-state index contributed by atoms with van der Waals surface area (Å²) >= 11 is 3.02. The monoisotopic (exact) mass is 295 g/mol. The Hall–Kier alpha value is -1.34. The molecule has 1 aliphatic rings. The number of fused-ring (bicyclic) bond motifs is 1. The molecule has 1 N–H and O–H groups in total. The van der Waals surface area contributed by atoms with E-state index < -0.39 is 5.97 Å². The molecule has 0 aliphatic heterocycles. The number of carboxylic acid groups (broad SMARTS) is 1. The van der Waals surface area contributed by atoms with Crippen LogP contribution in [0.15, 0.2) is 22.9 Å². The van der Waals surface area contributed by atoms with Crippen LogP contribution >= 0.6 is 23.1 Å². The van der Waals surface area contributed by atoms with E-state index in [1.807, 2.05) is 4.57 Å². The fourth-order valence-corrected chi connectivity index (χ4v) is 4.09. The molecule has 1 atom stereocenters. The van der Waals surface area contributed by atoms with E-state index in [1.165, 1.54) is 22.2 Å². The van der Waals surface area contributed by atoms with Crippen molar-refractivity contribution in [2.75, 3.05) is 5.75 Å². The van der Waals surface area contributed by atoms with E-state index >= 15 is 0 Å². The van der Waals surface area contributed by atoms with E-state index in [0.717, 1.165) is 19.3 Å². The van der Waals surface area contributed by atoms with Crippen LogP contribution in [0.4, 0.5) is 0 Å². The minimum Gasteiger partial charge on any atom is -0.481 e. The standard InChI is InChI=1S/C12H13N3O2S2/c16-11(17)6-19-12-14-13-7-15(12)9-2-1-3-10-8(9)4-5-18-10/h4-5,7,9H,1-3,6H2,(H,16,17). The van der Waals surface area contributed by atoms with Gasteiger partial charge in [0, 0.05) is 4.88 Å². The third kappa shape index (κ3) is 2.52. The van der Waals surface area contributed by atoms with E-state index in [1.54, 1.807) is 17.7 Å². The Labute approximate surface area is 118 Å². The van der Waals surface area contributed by atoms with Crippen LogP contribution in [0, 0.1) is 0 Å². The number of carbonyl (C=O) groups is 1. The lowest BCUT2D eigenvalue weighted by Gasteiger charge is -2.24. The third-order valence-corrected chi connectivity index (χ3v) is 5.16. The maximum absolute atomic E-state index is 10.7. The average molecular weight is 295 g/mol. The largest absolute Gasteiger partial charge is 0.481 e. The first kappa shape index (κ1) is 12.7. The highest BCUT2D eigenvalue weighted by Gasteiger charge is 2.25. The van der Waals surface area contributed by atoms with Crippen LogP contribution < -0.4 is 0 Å². The minimum absolute atomic E-state index is 0.0158. The van der Waals surface area contributed by atoms with Gasteiger partial charge in [0.2, 0.25) is 0 Å². The van der Waals surface area contributed by atoms with Crippen LogP contribution in [-0.2, 0) is 11.2 Å². The molecule has 0 spiro atoms. The Kier molecular flexibility index (Phi) is 3.56. The number of carboxylic acids is 1. The van der Waals surface area contributed by atoms with Crippen LogP contribution in [0.1, 0.15) is 29.3 Å². The maximum atomic E-state index is 10.7. The number of aliphatic carboxylic acids is 1. The molecule has 0 saturated carbocycles. The van der Waals surface area contributed by atoms with Gasteiger partial charge in [0.1, 0.15) is 6.33 Å². The normalized spacial score (nSPS) is 18.2. The van der Waals surface area contributed by atoms with Crippen LogP contribution in [0.3, 0.4) is 0 Å². The molecule has 0 aromatic carbocycles. The Bertz CT molecular complexity index is 593. The summed E-state index contributed by atoms with van der Waals surface area (Å²) in [5, 5.41) is 19.5. The van der Waals surface area contributed by atoms with Crippen molar-refractivity contribution in [3.05, 3.63) is 28.2 Å². The van der Waals surface area contributed by atoms with Gasteiger partial charge in [-0.05, 0) is 36.3 Å². The molecule has 0 saturated heterocycles. The first-order valence-corrected chi connectivity index (χ1v) is 7.92. The van der Waals surface area contributed by atoms with Gasteiger partial charge in [-0.15, -0.1) is 21.5 Å². The van der Waals surface area contributed by atoms with Gasteiger partial charge < -0.3 is 9.67 Å². The van der Waals surface area contributed by atoms with Crippen LogP contribution in [0.5, 0.6) is 0 Å². The Balaban J connectivity index is 1.88. The molecule has 100 valence electrons. The van der Waals surface area contributed by atoms with Crippen molar-refractivity contribution in [3.63, 3.8) is 0 Å². The number of aromatic nitrogens is 3. The molecule has 3 rings (SSSR count). The highest BCUT2D eigenvalue weighted by atomic mass is 32.2. The topological polar surface area (TPSA) is 68.0 Å². The van der Waals surface area contributed by atoms with Crippen LogP contribution in [0.2, 0.25) is 0 Å². The molecule has 1 unspecified atom stereocenters. The summed E-state index contributed by atoms with van der Waals surface area (Å²) in [6.45, 7) is 0. The van der Waals surface area contributed by atoms with Crippen molar-refractivity contribution >= 4 is 29.1 Å². The summed E-state index contributed by atoms with van der Waals surface area (Å²) in [5.41, 5.74) is 1.34. The summed E-state index contributed by atoms with van der Waals surface area (Å²) in [7, 11) is 0. The Morgan fingerprint density at radius 1 is 1.63 bits per heavy atom. The molecule has 7 heteroatoms. The first-order valence-electron chi connectivity index (χ1n) is 6.06. The van der Waals surface area contributed by atoms with E-state index in [9.17, 15) is 4.79 Å². The zero-order valence-corrected chi connectivity index (χ0v) is 11.8. The van der Waals surface area contributed by atoms with Crippen molar-refractivity contribution in [1.29, 1.82) is 0 Å². The van der Waals surface area contributed by atoms with Gasteiger partial charge in [-0.2, -0.15) is 0 Å². The zero-order valence-electron chi connectivity index (χ0n) is 10.2. The predicted octanol–water partition coefficient (Wildman–Crippen LogP) is 2.44. The van der Waals surface area contributed by atoms with Crippen molar-refractivity contribution < 1.29 is 9.90 Å². The van der Waals surface area contributed by atoms with Gasteiger partial charge in [-0.1, -0.05) is 11.8 Å². The average Bonchev–Trinajstić information content (AvgIpc) is 3.04. The van der Waals surface area contributed by atoms with Crippen molar-refractivity contribution in [1.82, 2.24) is 14.8 Å². The lowest BCUT2D eigenvalue weighted by Crippen LogP contribution is -2.16. The summed E-state index contributed by atoms with van der Waals surface area (Å²) in [6.07, 6.45) is 5.06. The van der Waals surface area contributed by atoms with Gasteiger partial charge in [0.25, 0.3) is 0 Å². The van der Waals surface area contributed by atoms with Gasteiger partial charge in [-0.3, -0.25) is 4.79 Å². The molecule has 0 radical (unpaired) electrons. The molecule has 0 amide bonds. The third-order valence-electron chi connectivity index (χ3n) is 3.22. The van der Waals surface area contributed by atoms with Crippen molar-refractivity contribution in [2.24, 2.45) is 0 Å². The second kappa shape index (κ2) is 5.34. The van der Waals surface area contributed by atoms with Crippen molar-refractivity contribution in [2.45, 2.75) is 30.5 Å². The molecule has 2 aromatic rings. The SMILES string of the molecule is O=C(O)CSc1nncn1C1CCCc2sccc21. The highest BCUT2D eigenvalue weighted by Crippen LogP contribution is 2.37. The summed E-state index contributed by atoms with van der Waals surface area (Å²) in [6, 6.07) is 2.41. The van der Waals surface area contributed by atoms with E-state index in [2.05, 4.69) is 21.6 Å². The maximum Gasteiger partial charge on any atom is 0.313 e. The molecule has 2 heterocycles. The second-order valence-corrected chi connectivity index (χ2v) is 6.35. The Morgan fingerprint density at radius 2 is 2.53 bits per heavy atom. The number of thiophene rings is 1. The summed E-state index contributed by atoms with van der Waals surface area (Å²) in [5.74, 6) is -0.818. The number of thioether (sulfide) groups is 1. The number of hydrogen-bond acceptors (Lipinski definition) is 5. The minimum atomic E-state index is -0.834. The molecular formula is C12H13N3O2S2. The van der Waals surface area contributed by atoms with Gasteiger partial charge in [0.05, 0.1) is 11.8 Å². The second-order valence-electron chi connectivity index (χ2n) is 4.41. The van der Waals surface area contributed by atoms with Crippen LogP contribution in [-0.4, -0.2) is 31.6 Å². The molecule has 0 bridgehead atoms. The van der Waals surface area contributed by atoms with Crippen molar-refractivity contribution in [3.8, 4) is 0 Å². The molecule has 2 aromatic heterocycles. The lowest BCUT2D eigenvalue weighted by atomic mass is 9.94. The summed E-state index contributed by atoms with van der Waals surface area (Å²) < 4.78 is 2.01.